The molecule has 1 amide bonds. The summed E-state index contributed by atoms with van der Waals surface area (Å²) in [4.78, 5) is 26.3. The van der Waals surface area contributed by atoms with Crippen molar-refractivity contribution in [2.75, 3.05) is 30.9 Å². The molecule has 43 heavy (non-hydrogen) atoms. The zero-order valence-electron chi connectivity index (χ0n) is 23.6. The molecule has 0 aliphatic carbocycles. The van der Waals surface area contributed by atoms with Crippen LogP contribution in [-0.4, -0.2) is 55.9 Å². The molecule has 0 atom stereocenters. The fourth-order valence-corrected chi connectivity index (χ4v) is 5.92. The summed E-state index contributed by atoms with van der Waals surface area (Å²) in [7, 11) is -0.937. The largest absolute Gasteiger partial charge is 0.455 e. The lowest BCUT2D eigenvalue weighted by Gasteiger charge is -2.22. The van der Waals surface area contributed by atoms with Gasteiger partial charge in [-0.25, -0.2) is 22.8 Å². The second-order valence-electron chi connectivity index (χ2n) is 9.85. The quantitative estimate of drug-likeness (QED) is 0.159. The molecule has 0 unspecified atom stereocenters. The highest BCUT2D eigenvalue weighted by Gasteiger charge is 2.30. The number of H-pyrrole nitrogens is 1. The summed E-state index contributed by atoms with van der Waals surface area (Å²) in [6.45, 7) is 0. The summed E-state index contributed by atoms with van der Waals surface area (Å²) in [5.74, 6) is -0.759. The van der Waals surface area contributed by atoms with E-state index in [-0.39, 0.29) is 28.0 Å². The van der Waals surface area contributed by atoms with Crippen LogP contribution in [-0.2, 0) is 10.0 Å². The number of nitrogens with one attached hydrogen (secondary N) is 2. The van der Waals surface area contributed by atoms with E-state index in [0.29, 0.717) is 27.7 Å². The number of hydrogen-bond donors (Lipinski definition) is 2. The molecule has 0 saturated carbocycles. The normalized spacial score (nSPS) is 11.7. The Morgan fingerprint density at radius 1 is 1.02 bits per heavy atom. The Bertz CT molecular complexity index is 2110. The number of carbonyl (C=O) groups excluding carboxylic acids is 1. The van der Waals surface area contributed by atoms with Crippen LogP contribution in [0.3, 0.4) is 0 Å². The fourth-order valence-electron chi connectivity index (χ4n) is 5.02. The van der Waals surface area contributed by atoms with E-state index in [1.165, 1.54) is 50.1 Å². The zero-order chi connectivity index (χ0) is 30.5. The maximum atomic E-state index is 13.8. The summed E-state index contributed by atoms with van der Waals surface area (Å²) in [5, 5.41) is 4.41. The van der Waals surface area contributed by atoms with Crippen molar-refractivity contribution in [3.63, 3.8) is 0 Å². The molecule has 3 aromatic heterocycles. The van der Waals surface area contributed by atoms with Gasteiger partial charge in [-0.15, -0.1) is 0 Å². The van der Waals surface area contributed by atoms with E-state index in [1.807, 2.05) is 36.6 Å². The number of sulfonamides is 1. The molecule has 2 N–H and O–H groups in total. The molecule has 0 aliphatic rings. The third-order valence-corrected chi connectivity index (χ3v) is 8.90. The number of aromatic amines is 1. The van der Waals surface area contributed by atoms with Crippen LogP contribution < -0.4 is 9.62 Å². The number of para-hydroxylation sites is 1. The maximum absolute atomic E-state index is 13.8. The van der Waals surface area contributed by atoms with Gasteiger partial charge in [0.15, 0.2) is 5.16 Å². The van der Waals surface area contributed by atoms with Gasteiger partial charge in [-0.3, -0.25) is 9.10 Å². The lowest BCUT2D eigenvalue weighted by atomic mass is 9.99. The molecule has 9 nitrogen and oxygen atoms in total. The van der Waals surface area contributed by atoms with E-state index < -0.39 is 21.7 Å². The monoisotopic (exact) mass is 615 g/mol. The molecular formula is C31H26FN5O4S2. The van der Waals surface area contributed by atoms with E-state index in [2.05, 4.69) is 10.3 Å². The average molecular weight is 616 g/mol. The number of furan rings is 1. The number of carbonyl (C=O) groups is 1. The highest BCUT2D eigenvalue weighted by atomic mass is 32.2. The second-order valence-corrected chi connectivity index (χ2v) is 12.6. The molecular weight excluding hydrogens is 590 g/mol. The summed E-state index contributed by atoms with van der Waals surface area (Å²) >= 11 is 1.35. The first kappa shape index (κ1) is 28.4. The third-order valence-electron chi connectivity index (χ3n) is 7.17. The van der Waals surface area contributed by atoms with Crippen molar-refractivity contribution in [3.8, 4) is 34.0 Å². The van der Waals surface area contributed by atoms with Gasteiger partial charge < -0.3 is 14.7 Å². The van der Waals surface area contributed by atoms with Crippen LogP contribution in [0, 0.1) is 5.82 Å². The smallest absolute Gasteiger partial charge is 0.255 e. The number of fused-ring (bicyclic) bond motifs is 2. The molecule has 6 aromatic rings. The minimum atomic E-state index is -3.83. The van der Waals surface area contributed by atoms with Crippen LogP contribution in [0.5, 0.6) is 0 Å². The topological polar surface area (TPSA) is 121 Å². The van der Waals surface area contributed by atoms with Crippen LogP contribution in [0.15, 0.2) is 82.4 Å². The Labute approximate surface area is 251 Å². The first-order valence-electron chi connectivity index (χ1n) is 13.1. The van der Waals surface area contributed by atoms with E-state index in [0.717, 1.165) is 27.2 Å². The lowest BCUT2D eigenvalue weighted by molar-refractivity contribution is 0.0964. The summed E-state index contributed by atoms with van der Waals surface area (Å²) in [6.07, 6.45) is 2.94. The summed E-state index contributed by atoms with van der Waals surface area (Å²) < 4.78 is 47.1. The molecule has 3 aromatic carbocycles. The van der Waals surface area contributed by atoms with Gasteiger partial charge in [0.05, 0.1) is 40.0 Å². The van der Waals surface area contributed by atoms with E-state index >= 15 is 0 Å². The molecule has 0 radical (unpaired) electrons. The SMILES string of the molecule is CNC(=O)c1c(-c2ccc(F)cc2)oc2ccc(-c3cc(-c4cc5ccccc5[nH]4)nc(SC)n3)c(N(C)S(C)(=O)=O)c12. The van der Waals surface area contributed by atoms with Gasteiger partial charge in [0.25, 0.3) is 5.91 Å². The van der Waals surface area contributed by atoms with Crippen molar-refractivity contribution >= 4 is 55.3 Å². The highest BCUT2D eigenvalue weighted by molar-refractivity contribution is 7.98. The van der Waals surface area contributed by atoms with E-state index in [4.69, 9.17) is 14.4 Å². The number of hydrogen-bond acceptors (Lipinski definition) is 7. The van der Waals surface area contributed by atoms with Gasteiger partial charge in [-0.2, -0.15) is 0 Å². The number of aromatic nitrogens is 3. The maximum Gasteiger partial charge on any atom is 0.255 e. The predicted molar refractivity (Wildman–Crippen MR) is 168 cm³/mol. The number of thioether (sulfide) groups is 1. The standard InChI is InChI=1S/C31H26FN5O4S2/c1-33-30(38)27-26-25(41-29(27)17-9-11-19(32)12-10-17)14-13-20(28(26)37(2)43(4,39)40)22-16-24(36-31(35-22)42-3)23-15-18-7-5-6-8-21(18)34-23/h5-16,34H,1-4H3,(H,33,38). The fraction of sp³-hybridized carbons (Fsp3) is 0.129. The zero-order valence-corrected chi connectivity index (χ0v) is 25.2. The minimum absolute atomic E-state index is 0.117. The molecule has 0 aliphatic heterocycles. The van der Waals surface area contributed by atoms with Crippen LogP contribution in [0.2, 0.25) is 0 Å². The van der Waals surface area contributed by atoms with Crippen molar-refractivity contribution in [3.05, 3.63) is 84.2 Å². The molecule has 0 bridgehead atoms. The van der Waals surface area contributed by atoms with Gasteiger partial charge in [0.2, 0.25) is 10.0 Å². The minimum Gasteiger partial charge on any atom is -0.455 e. The number of halogens is 1. The molecule has 0 fully saturated rings. The third kappa shape index (κ3) is 5.12. The van der Waals surface area contributed by atoms with Gasteiger partial charge in [-0.05, 0) is 60.9 Å². The first-order chi connectivity index (χ1) is 20.6. The Kier molecular flexibility index (Phi) is 7.18. The Morgan fingerprint density at radius 3 is 2.42 bits per heavy atom. The van der Waals surface area contributed by atoms with Gasteiger partial charge in [-0.1, -0.05) is 30.0 Å². The van der Waals surface area contributed by atoms with Crippen molar-refractivity contribution in [2.45, 2.75) is 5.16 Å². The van der Waals surface area contributed by atoms with Gasteiger partial charge in [0.1, 0.15) is 17.2 Å². The number of amides is 1. The molecule has 0 saturated heterocycles. The van der Waals surface area contributed by atoms with Crippen molar-refractivity contribution in [1.82, 2.24) is 20.3 Å². The van der Waals surface area contributed by atoms with Crippen molar-refractivity contribution in [1.29, 1.82) is 0 Å². The van der Waals surface area contributed by atoms with Crippen LogP contribution in [0.25, 0.3) is 55.8 Å². The summed E-state index contributed by atoms with van der Waals surface area (Å²) in [6, 6.07) is 20.6. The van der Waals surface area contributed by atoms with Crippen LogP contribution in [0.4, 0.5) is 10.1 Å². The van der Waals surface area contributed by atoms with Crippen molar-refractivity contribution in [2.24, 2.45) is 0 Å². The molecule has 3 heterocycles. The van der Waals surface area contributed by atoms with E-state index in [1.54, 1.807) is 18.2 Å². The number of benzene rings is 3. The first-order valence-corrected chi connectivity index (χ1v) is 16.2. The molecule has 12 heteroatoms. The summed E-state index contributed by atoms with van der Waals surface area (Å²) in [5.41, 5.74) is 4.30. The average Bonchev–Trinajstić information content (AvgIpc) is 3.62. The van der Waals surface area contributed by atoms with Gasteiger partial charge in [0, 0.05) is 36.1 Å². The number of anilines is 1. The van der Waals surface area contributed by atoms with Crippen LogP contribution >= 0.6 is 11.8 Å². The van der Waals surface area contributed by atoms with Gasteiger partial charge >= 0.3 is 0 Å². The van der Waals surface area contributed by atoms with Crippen LogP contribution in [0.1, 0.15) is 10.4 Å². The Hall–Kier alpha value is -4.68. The van der Waals surface area contributed by atoms with E-state index in [9.17, 15) is 17.6 Å². The Morgan fingerprint density at radius 2 is 1.74 bits per heavy atom. The second kappa shape index (κ2) is 10.9. The predicted octanol–water partition coefficient (Wildman–Crippen LogP) is 6.32. The highest BCUT2D eigenvalue weighted by Crippen LogP contribution is 2.44. The van der Waals surface area contributed by atoms with Crippen molar-refractivity contribution < 1.29 is 22.0 Å². The molecule has 0 spiro atoms. The molecule has 6 rings (SSSR count). The number of rotatable bonds is 7. The Balaban J connectivity index is 1.67. The lowest BCUT2D eigenvalue weighted by Crippen LogP contribution is -2.26. The number of nitrogens with zero attached hydrogens (tertiary/aromatic N) is 3. The molecule has 218 valence electrons.